The summed E-state index contributed by atoms with van der Waals surface area (Å²) < 4.78 is 5.28. The summed E-state index contributed by atoms with van der Waals surface area (Å²) in [4.78, 5) is 14.1. The maximum atomic E-state index is 12.1. The molecular formula is C10H18N2O2. The van der Waals surface area contributed by atoms with Crippen LogP contribution in [0.25, 0.3) is 0 Å². The molecule has 2 aliphatic rings. The van der Waals surface area contributed by atoms with Gasteiger partial charge >= 0.3 is 0 Å². The van der Waals surface area contributed by atoms with Gasteiger partial charge in [0.05, 0.1) is 18.6 Å². The quantitative estimate of drug-likeness (QED) is 0.644. The van der Waals surface area contributed by atoms with Crippen LogP contribution in [0.2, 0.25) is 0 Å². The molecule has 1 amide bonds. The molecule has 0 saturated carbocycles. The zero-order chi connectivity index (χ0) is 10.2. The zero-order valence-corrected chi connectivity index (χ0v) is 8.66. The van der Waals surface area contributed by atoms with Crippen molar-refractivity contribution < 1.29 is 9.53 Å². The Morgan fingerprint density at radius 1 is 1.50 bits per heavy atom. The van der Waals surface area contributed by atoms with E-state index in [-0.39, 0.29) is 11.9 Å². The first-order chi connectivity index (χ1) is 6.64. The third-order valence-electron chi connectivity index (χ3n) is 3.40. The summed E-state index contributed by atoms with van der Waals surface area (Å²) in [5, 5.41) is 0. The van der Waals surface area contributed by atoms with E-state index >= 15 is 0 Å². The lowest BCUT2D eigenvalue weighted by atomic mass is 9.84. The fourth-order valence-electron chi connectivity index (χ4n) is 2.19. The molecule has 0 aromatic carbocycles. The van der Waals surface area contributed by atoms with Crippen LogP contribution in [0.4, 0.5) is 0 Å². The highest BCUT2D eigenvalue weighted by Gasteiger charge is 2.46. The highest BCUT2D eigenvalue weighted by Crippen LogP contribution is 2.30. The number of hydrogen-bond donors (Lipinski definition) is 1. The molecule has 2 unspecified atom stereocenters. The molecule has 2 rings (SSSR count). The molecular weight excluding hydrogens is 180 g/mol. The number of nitrogens with two attached hydrogens (primary N) is 1. The van der Waals surface area contributed by atoms with Crippen molar-refractivity contribution in [3.05, 3.63) is 0 Å². The Balaban J connectivity index is 2.08. The number of likely N-dealkylation sites (tertiary alicyclic amines) is 1. The van der Waals surface area contributed by atoms with E-state index < -0.39 is 5.41 Å². The lowest BCUT2D eigenvalue weighted by molar-refractivity contribution is -0.140. The van der Waals surface area contributed by atoms with Gasteiger partial charge in [-0.05, 0) is 19.8 Å². The Morgan fingerprint density at radius 3 is 2.64 bits per heavy atom. The van der Waals surface area contributed by atoms with Crippen LogP contribution in [-0.2, 0) is 9.53 Å². The van der Waals surface area contributed by atoms with Crippen LogP contribution in [0.5, 0.6) is 0 Å². The van der Waals surface area contributed by atoms with E-state index in [9.17, 15) is 4.79 Å². The molecule has 2 heterocycles. The van der Waals surface area contributed by atoms with Crippen LogP contribution in [0.15, 0.2) is 0 Å². The van der Waals surface area contributed by atoms with Gasteiger partial charge in [0.15, 0.2) is 0 Å². The van der Waals surface area contributed by atoms with Gasteiger partial charge in [-0.15, -0.1) is 0 Å². The van der Waals surface area contributed by atoms with Gasteiger partial charge in [0.1, 0.15) is 0 Å². The maximum absolute atomic E-state index is 12.1. The standard InChI is InChI=1S/C10H18N2O2/c1-10(7-14-6-8(10)11)9(13)12-4-2-3-5-12/h8H,2-7,11H2,1H3. The Kier molecular flexibility index (Phi) is 2.49. The van der Waals surface area contributed by atoms with E-state index in [4.69, 9.17) is 10.5 Å². The van der Waals surface area contributed by atoms with Gasteiger partial charge in [0, 0.05) is 19.1 Å². The van der Waals surface area contributed by atoms with E-state index in [1.807, 2.05) is 11.8 Å². The molecule has 80 valence electrons. The molecule has 2 N–H and O–H groups in total. The first-order valence-corrected chi connectivity index (χ1v) is 5.27. The average Bonchev–Trinajstić information content (AvgIpc) is 2.77. The van der Waals surface area contributed by atoms with Crippen molar-refractivity contribution in [1.82, 2.24) is 4.90 Å². The van der Waals surface area contributed by atoms with Crippen LogP contribution < -0.4 is 5.73 Å². The van der Waals surface area contributed by atoms with Crippen LogP contribution in [0.1, 0.15) is 19.8 Å². The van der Waals surface area contributed by atoms with E-state index in [0.717, 1.165) is 25.9 Å². The topological polar surface area (TPSA) is 55.6 Å². The summed E-state index contributed by atoms with van der Waals surface area (Å²) in [6.45, 7) is 4.69. The number of ether oxygens (including phenoxy) is 1. The minimum Gasteiger partial charge on any atom is -0.379 e. The van der Waals surface area contributed by atoms with E-state index in [1.54, 1.807) is 0 Å². The minimum absolute atomic E-state index is 0.143. The van der Waals surface area contributed by atoms with Crippen molar-refractivity contribution in [2.45, 2.75) is 25.8 Å². The summed E-state index contributed by atoms with van der Waals surface area (Å²) in [6, 6.07) is -0.143. The number of nitrogens with zero attached hydrogens (tertiary/aromatic N) is 1. The summed E-state index contributed by atoms with van der Waals surface area (Å²) in [5.41, 5.74) is 5.43. The summed E-state index contributed by atoms with van der Waals surface area (Å²) >= 11 is 0. The van der Waals surface area contributed by atoms with E-state index in [0.29, 0.717) is 13.2 Å². The van der Waals surface area contributed by atoms with Gasteiger partial charge < -0.3 is 15.4 Å². The Labute approximate surface area is 84.4 Å². The van der Waals surface area contributed by atoms with Crippen LogP contribution in [0, 0.1) is 5.41 Å². The van der Waals surface area contributed by atoms with Crippen molar-refractivity contribution in [3.63, 3.8) is 0 Å². The molecule has 0 aromatic heterocycles. The van der Waals surface area contributed by atoms with Crippen molar-refractivity contribution in [2.75, 3.05) is 26.3 Å². The van der Waals surface area contributed by atoms with Gasteiger partial charge in [0.2, 0.25) is 5.91 Å². The normalized spacial score (nSPS) is 37.9. The predicted octanol–water partition coefficient (Wildman–Crippen LogP) is -0.0274. The Morgan fingerprint density at radius 2 is 2.14 bits per heavy atom. The smallest absolute Gasteiger partial charge is 0.232 e. The van der Waals surface area contributed by atoms with Gasteiger partial charge in [-0.25, -0.2) is 0 Å². The Bertz CT molecular complexity index is 238. The molecule has 2 fully saturated rings. The SMILES string of the molecule is CC1(C(=O)N2CCCC2)COCC1N. The number of hydrogen-bond acceptors (Lipinski definition) is 3. The van der Waals surface area contributed by atoms with Crippen LogP contribution in [0.3, 0.4) is 0 Å². The largest absolute Gasteiger partial charge is 0.379 e. The highest BCUT2D eigenvalue weighted by atomic mass is 16.5. The van der Waals surface area contributed by atoms with E-state index in [2.05, 4.69) is 0 Å². The van der Waals surface area contributed by atoms with Crippen molar-refractivity contribution >= 4 is 5.91 Å². The molecule has 2 saturated heterocycles. The number of carbonyl (C=O) groups is 1. The zero-order valence-electron chi connectivity index (χ0n) is 8.66. The van der Waals surface area contributed by atoms with Gasteiger partial charge in [0.25, 0.3) is 0 Å². The second-order valence-electron chi connectivity index (χ2n) is 4.54. The molecule has 0 aromatic rings. The molecule has 0 aliphatic carbocycles. The van der Waals surface area contributed by atoms with Gasteiger partial charge in [-0.1, -0.05) is 0 Å². The van der Waals surface area contributed by atoms with E-state index in [1.165, 1.54) is 0 Å². The first-order valence-electron chi connectivity index (χ1n) is 5.27. The van der Waals surface area contributed by atoms with Crippen molar-refractivity contribution in [2.24, 2.45) is 11.1 Å². The predicted molar refractivity (Wildman–Crippen MR) is 52.7 cm³/mol. The fraction of sp³-hybridized carbons (Fsp3) is 0.900. The monoisotopic (exact) mass is 198 g/mol. The van der Waals surface area contributed by atoms with Crippen molar-refractivity contribution in [3.8, 4) is 0 Å². The molecule has 4 nitrogen and oxygen atoms in total. The third kappa shape index (κ3) is 1.42. The lowest BCUT2D eigenvalue weighted by Crippen LogP contribution is -2.50. The molecule has 14 heavy (non-hydrogen) atoms. The fourth-order valence-corrected chi connectivity index (χ4v) is 2.19. The van der Waals surface area contributed by atoms with Crippen molar-refractivity contribution in [1.29, 1.82) is 0 Å². The minimum atomic E-state index is -0.482. The molecule has 0 bridgehead atoms. The molecule has 4 heteroatoms. The second kappa shape index (κ2) is 3.51. The van der Waals surface area contributed by atoms with Gasteiger partial charge in [-0.2, -0.15) is 0 Å². The average molecular weight is 198 g/mol. The summed E-state index contributed by atoms with van der Waals surface area (Å²) in [7, 11) is 0. The number of carbonyl (C=O) groups excluding carboxylic acids is 1. The first kappa shape index (κ1) is 9.93. The highest BCUT2D eigenvalue weighted by molar-refractivity contribution is 5.84. The summed E-state index contributed by atoms with van der Waals surface area (Å²) in [6.07, 6.45) is 2.25. The lowest BCUT2D eigenvalue weighted by Gasteiger charge is -2.30. The van der Waals surface area contributed by atoms with Gasteiger partial charge in [-0.3, -0.25) is 4.79 Å². The number of amides is 1. The summed E-state index contributed by atoms with van der Waals surface area (Å²) in [5.74, 6) is 0.181. The molecule has 0 spiro atoms. The molecule has 0 radical (unpaired) electrons. The maximum Gasteiger partial charge on any atom is 0.232 e. The molecule has 2 aliphatic heterocycles. The van der Waals surface area contributed by atoms with Crippen LogP contribution >= 0.6 is 0 Å². The Hall–Kier alpha value is -0.610. The number of rotatable bonds is 1. The molecule has 2 atom stereocenters. The third-order valence-corrected chi connectivity index (χ3v) is 3.40. The van der Waals surface area contributed by atoms with Crippen LogP contribution in [-0.4, -0.2) is 43.2 Å². The second-order valence-corrected chi connectivity index (χ2v) is 4.54.